The van der Waals surface area contributed by atoms with Crippen LogP contribution in [0.15, 0.2) is 54.7 Å². The summed E-state index contributed by atoms with van der Waals surface area (Å²) < 4.78 is 7.03. The number of fused-ring (bicyclic) bond motifs is 4. The molecule has 0 spiro atoms. The highest BCUT2D eigenvalue weighted by atomic mass is 16.5. The zero-order chi connectivity index (χ0) is 23.7. The van der Waals surface area contributed by atoms with Crippen LogP contribution in [0.4, 0.5) is 10.6 Å². The summed E-state index contributed by atoms with van der Waals surface area (Å²) in [6.07, 6.45) is 1.32. The lowest BCUT2D eigenvalue weighted by Crippen LogP contribution is -2.31. The summed E-state index contributed by atoms with van der Waals surface area (Å²) in [5, 5.41) is 16.0. The summed E-state index contributed by atoms with van der Waals surface area (Å²) in [7, 11) is 0. The second-order valence-corrected chi connectivity index (χ2v) is 8.31. The first-order valence-electron chi connectivity index (χ1n) is 11.2. The Morgan fingerprint density at radius 3 is 2.38 bits per heavy atom. The molecule has 1 aromatic heterocycles. The number of hydrogen-bond donors (Lipinski definition) is 2. The number of nitrogens with one attached hydrogen (secondary N) is 1. The molecular formula is C25H24N4O5. The highest BCUT2D eigenvalue weighted by molar-refractivity contribution is 6.01. The molecule has 0 atom stereocenters. The fourth-order valence-electron chi connectivity index (χ4n) is 4.74. The van der Waals surface area contributed by atoms with E-state index in [9.17, 15) is 19.5 Å². The highest BCUT2D eigenvalue weighted by Crippen LogP contribution is 2.44. The third-order valence-electron chi connectivity index (χ3n) is 6.31. The van der Waals surface area contributed by atoms with E-state index in [0.29, 0.717) is 25.3 Å². The van der Waals surface area contributed by atoms with Gasteiger partial charge in [-0.25, -0.2) is 14.3 Å². The Bertz CT molecular complexity index is 1220. The predicted molar refractivity (Wildman–Crippen MR) is 124 cm³/mol. The molecule has 2 aromatic carbocycles. The number of aromatic nitrogens is 2. The number of carbonyl (C=O) groups excluding carboxylic acids is 2. The van der Waals surface area contributed by atoms with Crippen molar-refractivity contribution >= 4 is 23.8 Å². The average Bonchev–Trinajstić information content (AvgIpc) is 3.52. The fraction of sp³-hybridized carbons (Fsp3) is 0.280. The second kappa shape index (κ2) is 9.01. The smallest absolute Gasteiger partial charge is 0.407 e. The average molecular weight is 460 g/mol. The first-order chi connectivity index (χ1) is 16.5. The number of carbonyl (C=O) groups is 3. The molecule has 5 rings (SSSR count). The molecule has 0 saturated carbocycles. The van der Waals surface area contributed by atoms with Gasteiger partial charge in [-0.2, -0.15) is 5.10 Å². The molecule has 34 heavy (non-hydrogen) atoms. The largest absolute Gasteiger partial charge is 0.477 e. The first-order valence-corrected chi connectivity index (χ1v) is 11.2. The topological polar surface area (TPSA) is 114 Å². The van der Waals surface area contributed by atoms with Crippen molar-refractivity contribution in [2.75, 3.05) is 24.6 Å². The van der Waals surface area contributed by atoms with E-state index < -0.39 is 12.1 Å². The number of alkyl carbamates (subject to hydrolysis) is 1. The minimum absolute atomic E-state index is 0.0109. The van der Waals surface area contributed by atoms with E-state index in [4.69, 9.17) is 4.74 Å². The van der Waals surface area contributed by atoms with Crippen molar-refractivity contribution in [2.24, 2.45) is 0 Å². The van der Waals surface area contributed by atoms with Gasteiger partial charge in [-0.1, -0.05) is 48.5 Å². The van der Waals surface area contributed by atoms with Gasteiger partial charge in [0.1, 0.15) is 18.0 Å². The van der Waals surface area contributed by atoms with E-state index in [0.717, 1.165) is 11.1 Å². The Labute approximate surface area is 195 Å². The lowest BCUT2D eigenvalue weighted by molar-refractivity contribution is -0.118. The van der Waals surface area contributed by atoms with Crippen molar-refractivity contribution in [3.63, 3.8) is 0 Å². The van der Waals surface area contributed by atoms with Crippen LogP contribution in [0.3, 0.4) is 0 Å². The summed E-state index contributed by atoms with van der Waals surface area (Å²) >= 11 is 0. The summed E-state index contributed by atoms with van der Waals surface area (Å²) in [6, 6.07) is 16.3. The van der Waals surface area contributed by atoms with Gasteiger partial charge in [0, 0.05) is 25.4 Å². The summed E-state index contributed by atoms with van der Waals surface area (Å²) in [4.78, 5) is 37.7. The summed E-state index contributed by atoms with van der Waals surface area (Å²) in [6.45, 7) is 1.37. The molecule has 9 nitrogen and oxygen atoms in total. The normalized spacial score (nSPS) is 13.8. The summed E-state index contributed by atoms with van der Waals surface area (Å²) in [5.74, 6) is -1.00. The van der Waals surface area contributed by atoms with Crippen molar-refractivity contribution in [1.82, 2.24) is 15.1 Å². The zero-order valence-corrected chi connectivity index (χ0v) is 18.4. The number of carboxylic acid groups (broad SMARTS) is 1. The van der Waals surface area contributed by atoms with Gasteiger partial charge in [-0.05, 0) is 28.7 Å². The minimum Gasteiger partial charge on any atom is -0.477 e. The standard InChI is InChI=1S/C25H24N4O5/c30-22(28-12-13-29-23(28)20(14-27-29)24(31)32)10-5-11-26-25(33)34-15-21-18-8-3-1-6-16(18)17-7-2-4-9-19(17)21/h1-4,6-9,14,21H,5,10-13,15H2,(H,26,33)(H,31,32). The van der Waals surface area contributed by atoms with Crippen LogP contribution in [0.1, 0.15) is 40.2 Å². The maximum atomic E-state index is 12.6. The Balaban J connectivity index is 1.10. The molecule has 2 amide bonds. The van der Waals surface area contributed by atoms with Crippen LogP contribution in [0.25, 0.3) is 11.1 Å². The van der Waals surface area contributed by atoms with Crippen molar-refractivity contribution < 1.29 is 24.2 Å². The molecule has 1 aliphatic carbocycles. The van der Waals surface area contributed by atoms with Crippen molar-refractivity contribution in [1.29, 1.82) is 0 Å². The number of benzene rings is 2. The van der Waals surface area contributed by atoms with Crippen molar-refractivity contribution in [2.45, 2.75) is 25.3 Å². The van der Waals surface area contributed by atoms with Crippen LogP contribution in [0.5, 0.6) is 0 Å². The fourth-order valence-corrected chi connectivity index (χ4v) is 4.74. The SMILES string of the molecule is O=C(NCCCC(=O)N1CCn2ncc(C(=O)O)c21)OCC1c2ccccc2-c2ccccc21. The zero-order valence-electron chi connectivity index (χ0n) is 18.4. The number of rotatable bonds is 7. The Kier molecular flexibility index (Phi) is 5.75. The molecule has 2 heterocycles. The van der Waals surface area contributed by atoms with E-state index >= 15 is 0 Å². The molecule has 0 bridgehead atoms. The Hall–Kier alpha value is -4.14. The minimum atomic E-state index is -1.11. The molecule has 1 aliphatic heterocycles. The molecule has 2 aliphatic rings. The van der Waals surface area contributed by atoms with Crippen LogP contribution in [-0.2, 0) is 16.1 Å². The van der Waals surface area contributed by atoms with Crippen molar-refractivity contribution in [3.8, 4) is 11.1 Å². The van der Waals surface area contributed by atoms with Crippen LogP contribution in [-0.4, -0.2) is 52.6 Å². The van der Waals surface area contributed by atoms with Crippen LogP contribution in [0.2, 0.25) is 0 Å². The van der Waals surface area contributed by atoms with Gasteiger partial charge in [0.05, 0.1) is 12.7 Å². The van der Waals surface area contributed by atoms with E-state index in [2.05, 4.69) is 34.7 Å². The number of amides is 2. The molecule has 174 valence electrons. The molecule has 3 aromatic rings. The van der Waals surface area contributed by atoms with Gasteiger partial charge in [-0.3, -0.25) is 9.69 Å². The van der Waals surface area contributed by atoms with E-state index in [-0.39, 0.29) is 37.0 Å². The maximum Gasteiger partial charge on any atom is 0.407 e. The number of aromatic carboxylic acids is 1. The van der Waals surface area contributed by atoms with Gasteiger partial charge in [0.25, 0.3) is 0 Å². The number of anilines is 1. The Morgan fingerprint density at radius 2 is 1.71 bits per heavy atom. The third kappa shape index (κ3) is 3.89. The third-order valence-corrected chi connectivity index (χ3v) is 6.31. The lowest BCUT2D eigenvalue weighted by Gasteiger charge is -2.16. The predicted octanol–water partition coefficient (Wildman–Crippen LogP) is 3.25. The highest BCUT2D eigenvalue weighted by Gasteiger charge is 2.31. The molecule has 0 unspecified atom stereocenters. The maximum absolute atomic E-state index is 12.6. The van der Waals surface area contributed by atoms with Crippen molar-refractivity contribution in [3.05, 3.63) is 71.4 Å². The summed E-state index contributed by atoms with van der Waals surface area (Å²) in [5.41, 5.74) is 4.64. The van der Waals surface area contributed by atoms with E-state index in [1.54, 1.807) is 0 Å². The van der Waals surface area contributed by atoms with Gasteiger partial charge in [0.2, 0.25) is 5.91 Å². The van der Waals surface area contributed by atoms with Gasteiger partial charge >= 0.3 is 12.1 Å². The van der Waals surface area contributed by atoms with E-state index in [1.807, 2.05) is 24.3 Å². The first kappa shape index (κ1) is 21.7. The lowest BCUT2D eigenvalue weighted by atomic mass is 9.98. The van der Waals surface area contributed by atoms with Gasteiger partial charge in [-0.15, -0.1) is 0 Å². The quantitative estimate of drug-likeness (QED) is 0.523. The van der Waals surface area contributed by atoms with Crippen LogP contribution in [0, 0.1) is 0 Å². The molecule has 0 fully saturated rings. The second-order valence-electron chi connectivity index (χ2n) is 8.31. The number of hydrogen-bond acceptors (Lipinski definition) is 5. The molecule has 0 saturated heterocycles. The van der Waals surface area contributed by atoms with Crippen LogP contribution >= 0.6 is 0 Å². The van der Waals surface area contributed by atoms with Gasteiger partial charge < -0.3 is 15.2 Å². The molecule has 9 heteroatoms. The molecular weight excluding hydrogens is 436 g/mol. The molecule has 2 N–H and O–H groups in total. The van der Waals surface area contributed by atoms with Crippen LogP contribution < -0.4 is 10.2 Å². The monoisotopic (exact) mass is 460 g/mol. The van der Waals surface area contributed by atoms with Gasteiger partial charge in [0.15, 0.2) is 0 Å². The number of ether oxygens (including phenoxy) is 1. The Morgan fingerprint density at radius 1 is 1.03 bits per heavy atom. The van der Waals surface area contributed by atoms with E-state index in [1.165, 1.54) is 26.9 Å². The number of carboxylic acids is 1. The molecule has 0 radical (unpaired) electrons. The number of nitrogens with zero attached hydrogens (tertiary/aromatic N) is 3.